The monoisotopic (exact) mass is 271 g/mol. The van der Waals surface area contributed by atoms with Crippen LogP contribution >= 0.6 is 11.3 Å². The molecule has 1 aromatic rings. The third-order valence-electron chi connectivity index (χ3n) is 2.68. The fraction of sp³-hybridized carbons (Fsp3) is 0.667. The Hall–Kier alpha value is -0.980. The van der Waals surface area contributed by atoms with Gasteiger partial charge in [0.2, 0.25) is 5.91 Å². The molecule has 0 aliphatic carbocycles. The SMILES string of the molecule is COC(CN)CC(=O)NCCc1sc(C)nc1C. The van der Waals surface area contributed by atoms with Crippen LogP contribution in [0.1, 0.15) is 22.0 Å². The van der Waals surface area contributed by atoms with Gasteiger partial charge in [0, 0.05) is 31.5 Å². The smallest absolute Gasteiger partial charge is 0.222 e. The van der Waals surface area contributed by atoms with Crippen LogP contribution in [0.5, 0.6) is 0 Å². The van der Waals surface area contributed by atoms with Crippen molar-refractivity contribution >= 4 is 17.2 Å². The minimum atomic E-state index is -0.197. The molecule has 1 heterocycles. The van der Waals surface area contributed by atoms with Crippen molar-refractivity contribution in [3.63, 3.8) is 0 Å². The van der Waals surface area contributed by atoms with Crippen molar-refractivity contribution in [3.8, 4) is 0 Å². The molecule has 1 unspecified atom stereocenters. The van der Waals surface area contributed by atoms with E-state index >= 15 is 0 Å². The second kappa shape index (κ2) is 7.45. The number of hydrogen-bond acceptors (Lipinski definition) is 5. The van der Waals surface area contributed by atoms with Crippen molar-refractivity contribution in [2.45, 2.75) is 32.8 Å². The molecule has 5 nitrogen and oxygen atoms in total. The Labute approximate surface area is 112 Å². The molecule has 0 fully saturated rings. The number of thiazole rings is 1. The van der Waals surface area contributed by atoms with Crippen molar-refractivity contribution in [1.82, 2.24) is 10.3 Å². The minimum Gasteiger partial charge on any atom is -0.380 e. The number of ether oxygens (including phenoxy) is 1. The van der Waals surface area contributed by atoms with Gasteiger partial charge in [-0.05, 0) is 13.8 Å². The van der Waals surface area contributed by atoms with E-state index < -0.39 is 0 Å². The Morgan fingerprint density at radius 3 is 2.78 bits per heavy atom. The lowest BCUT2D eigenvalue weighted by atomic mass is 10.2. The molecule has 0 saturated carbocycles. The summed E-state index contributed by atoms with van der Waals surface area (Å²) in [5.74, 6) is -0.0220. The molecule has 0 bridgehead atoms. The molecule has 102 valence electrons. The van der Waals surface area contributed by atoms with Gasteiger partial charge in [-0.3, -0.25) is 4.79 Å². The third kappa shape index (κ3) is 4.72. The van der Waals surface area contributed by atoms with E-state index in [1.807, 2.05) is 13.8 Å². The van der Waals surface area contributed by atoms with Gasteiger partial charge in [-0.1, -0.05) is 0 Å². The number of amides is 1. The van der Waals surface area contributed by atoms with Gasteiger partial charge in [0.25, 0.3) is 0 Å². The molecule has 1 aromatic heterocycles. The van der Waals surface area contributed by atoms with Crippen LogP contribution in [0.2, 0.25) is 0 Å². The summed E-state index contributed by atoms with van der Waals surface area (Å²) in [6, 6.07) is 0. The number of aromatic nitrogens is 1. The number of hydrogen-bond donors (Lipinski definition) is 2. The second-order valence-electron chi connectivity index (χ2n) is 4.14. The van der Waals surface area contributed by atoms with Crippen LogP contribution in [0.4, 0.5) is 0 Å². The summed E-state index contributed by atoms with van der Waals surface area (Å²) in [5, 5.41) is 3.94. The number of nitrogens with two attached hydrogens (primary N) is 1. The highest BCUT2D eigenvalue weighted by molar-refractivity contribution is 7.11. The first-order valence-corrected chi connectivity index (χ1v) is 6.81. The first-order chi connectivity index (χ1) is 8.56. The van der Waals surface area contributed by atoms with Gasteiger partial charge in [-0.25, -0.2) is 4.98 Å². The average molecular weight is 271 g/mol. The summed E-state index contributed by atoms with van der Waals surface area (Å²) in [5.41, 5.74) is 6.52. The predicted molar refractivity (Wildman–Crippen MR) is 72.8 cm³/mol. The Morgan fingerprint density at radius 1 is 1.56 bits per heavy atom. The van der Waals surface area contributed by atoms with Crippen molar-refractivity contribution in [1.29, 1.82) is 0 Å². The number of nitrogens with one attached hydrogen (secondary N) is 1. The van der Waals surface area contributed by atoms with Crippen LogP contribution in [0.15, 0.2) is 0 Å². The Bertz CT molecular complexity index is 389. The zero-order chi connectivity index (χ0) is 13.5. The first-order valence-electron chi connectivity index (χ1n) is 5.99. The van der Waals surface area contributed by atoms with Crippen molar-refractivity contribution < 1.29 is 9.53 Å². The van der Waals surface area contributed by atoms with Gasteiger partial charge in [0.05, 0.1) is 23.2 Å². The zero-order valence-electron chi connectivity index (χ0n) is 11.2. The van der Waals surface area contributed by atoms with Gasteiger partial charge in [-0.2, -0.15) is 0 Å². The fourth-order valence-electron chi connectivity index (χ4n) is 1.66. The topological polar surface area (TPSA) is 77.2 Å². The quantitative estimate of drug-likeness (QED) is 0.768. The van der Waals surface area contributed by atoms with Crippen molar-refractivity contribution in [2.24, 2.45) is 5.73 Å². The summed E-state index contributed by atoms with van der Waals surface area (Å²) in [7, 11) is 1.56. The highest BCUT2D eigenvalue weighted by atomic mass is 32.1. The molecule has 0 radical (unpaired) electrons. The van der Waals surface area contributed by atoms with E-state index in [2.05, 4.69) is 10.3 Å². The summed E-state index contributed by atoms with van der Waals surface area (Å²) in [6.45, 7) is 4.97. The Kier molecular flexibility index (Phi) is 6.24. The summed E-state index contributed by atoms with van der Waals surface area (Å²) >= 11 is 1.68. The molecule has 0 aliphatic rings. The lowest BCUT2D eigenvalue weighted by Gasteiger charge is -2.12. The largest absolute Gasteiger partial charge is 0.380 e. The molecule has 1 rings (SSSR count). The second-order valence-corrected chi connectivity index (χ2v) is 5.43. The van der Waals surface area contributed by atoms with Crippen LogP contribution in [-0.2, 0) is 16.0 Å². The van der Waals surface area contributed by atoms with Crippen LogP contribution in [0.3, 0.4) is 0 Å². The van der Waals surface area contributed by atoms with E-state index in [0.29, 0.717) is 19.5 Å². The molecule has 18 heavy (non-hydrogen) atoms. The number of carbonyl (C=O) groups excluding carboxylic acids is 1. The van der Waals surface area contributed by atoms with Crippen LogP contribution in [0.25, 0.3) is 0 Å². The van der Waals surface area contributed by atoms with Crippen LogP contribution < -0.4 is 11.1 Å². The van der Waals surface area contributed by atoms with E-state index in [1.54, 1.807) is 18.4 Å². The fourth-order valence-corrected chi connectivity index (χ4v) is 2.60. The average Bonchev–Trinajstić information content (AvgIpc) is 2.65. The number of rotatable bonds is 7. The number of nitrogens with zero attached hydrogens (tertiary/aromatic N) is 1. The molecular formula is C12H21N3O2S. The molecule has 0 aliphatic heterocycles. The molecular weight excluding hydrogens is 250 g/mol. The zero-order valence-corrected chi connectivity index (χ0v) is 12.0. The summed E-state index contributed by atoms with van der Waals surface area (Å²) in [4.78, 5) is 17.2. The minimum absolute atomic E-state index is 0.0220. The first kappa shape index (κ1) is 15.1. The number of methoxy groups -OCH3 is 1. The Morgan fingerprint density at radius 2 is 2.28 bits per heavy atom. The summed E-state index contributed by atoms with van der Waals surface area (Å²) < 4.78 is 5.06. The van der Waals surface area contributed by atoms with Gasteiger partial charge in [0.15, 0.2) is 0 Å². The third-order valence-corrected chi connectivity index (χ3v) is 3.82. The van der Waals surface area contributed by atoms with E-state index in [0.717, 1.165) is 17.1 Å². The maximum absolute atomic E-state index is 11.6. The molecule has 1 amide bonds. The molecule has 1 atom stereocenters. The lowest BCUT2D eigenvalue weighted by Crippen LogP contribution is -2.33. The predicted octanol–water partition coefficient (Wildman–Crippen LogP) is 0.782. The van der Waals surface area contributed by atoms with Crippen molar-refractivity contribution in [3.05, 3.63) is 15.6 Å². The number of carbonyl (C=O) groups is 1. The maximum Gasteiger partial charge on any atom is 0.222 e. The van der Waals surface area contributed by atoms with Gasteiger partial charge < -0.3 is 15.8 Å². The highest BCUT2D eigenvalue weighted by Gasteiger charge is 2.11. The lowest BCUT2D eigenvalue weighted by molar-refractivity contribution is -0.123. The van der Waals surface area contributed by atoms with Crippen LogP contribution in [-0.4, -0.2) is 37.2 Å². The van der Waals surface area contributed by atoms with Gasteiger partial charge in [-0.15, -0.1) is 11.3 Å². The van der Waals surface area contributed by atoms with Gasteiger partial charge >= 0.3 is 0 Å². The molecule has 0 saturated heterocycles. The summed E-state index contributed by atoms with van der Waals surface area (Å²) in [6.07, 6.45) is 0.939. The molecule has 3 N–H and O–H groups in total. The Balaban J connectivity index is 2.29. The van der Waals surface area contributed by atoms with Gasteiger partial charge in [0.1, 0.15) is 0 Å². The van der Waals surface area contributed by atoms with Crippen molar-refractivity contribution in [2.75, 3.05) is 20.2 Å². The molecule has 6 heteroatoms. The molecule has 0 spiro atoms. The van der Waals surface area contributed by atoms with E-state index in [1.165, 1.54) is 4.88 Å². The van der Waals surface area contributed by atoms with E-state index in [4.69, 9.17) is 10.5 Å². The maximum atomic E-state index is 11.6. The standard InChI is InChI=1S/C12H21N3O2S/c1-8-11(18-9(2)15-8)4-5-14-12(16)6-10(7-13)17-3/h10H,4-7,13H2,1-3H3,(H,14,16). The van der Waals surface area contributed by atoms with Crippen LogP contribution in [0, 0.1) is 13.8 Å². The molecule has 0 aromatic carbocycles. The highest BCUT2D eigenvalue weighted by Crippen LogP contribution is 2.17. The van der Waals surface area contributed by atoms with E-state index in [9.17, 15) is 4.79 Å². The normalized spacial score (nSPS) is 12.4. The number of aryl methyl sites for hydroxylation is 2. The van der Waals surface area contributed by atoms with E-state index in [-0.39, 0.29) is 12.0 Å².